The Morgan fingerprint density at radius 1 is 1.05 bits per heavy atom. The number of carbonyl (C=O) groups is 2. The fraction of sp³-hybridized carbons (Fsp3) is 0.385. The predicted molar refractivity (Wildman–Crippen MR) is 69.6 cm³/mol. The first-order valence-electron chi connectivity index (χ1n) is 6.18. The zero-order valence-electron chi connectivity index (χ0n) is 10.6. The van der Waals surface area contributed by atoms with E-state index in [1.165, 1.54) is 12.1 Å². The van der Waals surface area contributed by atoms with Gasteiger partial charge in [-0.15, -0.1) is 0 Å². The van der Waals surface area contributed by atoms with E-state index < -0.39 is 0 Å². The minimum absolute atomic E-state index is 0.00586. The average Bonchev–Trinajstić information content (AvgIpc) is 2.46. The van der Waals surface area contributed by atoms with E-state index in [9.17, 15) is 14.7 Å². The summed E-state index contributed by atoms with van der Waals surface area (Å²) in [5.41, 5.74) is 5.85. The van der Waals surface area contributed by atoms with Gasteiger partial charge < -0.3 is 20.6 Å². The molecule has 2 rings (SSSR count). The van der Waals surface area contributed by atoms with Crippen molar-refractivity contribution in [2.24, 2.45) is 5.73 Å². The van der Waals surface area contributed by atoms with E-state index in [0.717, 1.165) is 0 Å². The van der Waals surface area contributed by atoms with Crippen LogP contribution in [0.5, 0.6) is 5.75 Å². The fourth-order valence-corrected chi connectivity index (χ4v) is 2.07. The molecule has 1 heterocycles. The molecule has 1 aromatic rings. The summed E-state index contributed by atoms with van der Waals surface area (Å²) in [5, 5.41) is 9.19. The van der Waals surface area contributed by atoms with Crippen LogP contribution < -0.4 is 5.73 Å². The number of phenols is 1. The first-order chi connectivity index (χ1) is 9.11. The molecule has 0 radical (unpaired) electrons. The summed E-state index contributed by atoms with van der Waals surface area (Å²) in [6.45, 7) is 2.04. The molecule has 0 spiro atoms. The van der Waals surface area contributed by atoms with Crippen LogP contribution in [0, 0.1) is 0 Å². The molecule has 1 aliphatic rings. The van der Waals surface area contributed by atoms with E-state index in [1.807, 2.05) is 0 Å². The molecule has 102 valence electrons. The number of carbonyl (C=O) groups excluding carboxylic acids is 2. The molecule has 1 saturated heterocycles. The van der Waals surface area contributed by atoms with Crippen LogP contribution in [0.2, 0.25) is 0 Å². The van der Waals surface area contributed by atoms with Gasteiger partial charge in [0.25, 0.3) is 5.91 Å². The van der Waals surface area contributed by atoms with Gasteiger partial charge in [-0.05, 0) is 24.3 Å². The predicted octanol–water partition coefficient (Wildman–Crippen LogP) is -0.365. The summed E-state index contributed by atoms with van der Waals surface area (Å²) in [6, 6.07) is 6.16. The molecular weight excluding hydrogens is 246 g/mol. The zero-order chi connectivity index (χ0) is 13.8. The number of benzene rings is 1. The van der Waals surface area contributed by atoms with Crippen LogP contribution in [0.25, 0.3) is 0 Å². The van der Waals surface area contributed by atoms with Crippen LogP contribution in [-0.4, -0.2) is 59.4 Å². The third-order valence-corrected chi connectivity index (χ3v) is 3.21. The first kappa shape index (κ1) is 13.4. The number of phenolic OH excluding ortho intramolecular Hbond substituents is 1. The summed E-state index contributed by atoms with van der Waals surface area (Å²) >= 11 is 0. The zero-order valence-corrected chi connectivity index (χ0v) is 10.6. The van der Waals surface area contributed by atoms with Crippen molar-refractivity contribution < 1.29 is 14.7 Å². The van der Waals surface area contributed by atoms with E-state index >= 15 is 0 Å². The SMILES string of the molecule is NCC(=O)N1CCN(C(=O)c2ccc(O)cc2)CC1. The molecular formula is C13H17N3O3. The highest BCUT2D eigenvalue weighted by Crippen LogP contribution is 2.13. The van der Waals surface area contributed by atoms with Crippen LogP contribution >= 0.6 is 0 Å². The van der Waals surface area contributed by atoms with Gasteiger partial charge in [-0.2, -0.15) is 0 Å². The highest BCUT2D eigenvalue weighted by atomic mass is 16.3. The van der Waals surface area contributed by atoms with Crippen molar-refractivity contribution in [1.82, 2.24) is 9.80 Å². The number of piperazine rings is 1. The lowest BCUT2D eigenvalue weighted by Crippen LogP contribution is -2.51. The Labute approximate surface area is 111 Å². The molecule has 0 atom stereocenters. The van der Waals surface area contributed by atoms with E-state index in [1.54, 1.807) is 21.9 Å². The van der Waals surface area contributed by atoms with Gasteiger partial charge in [-0.1, -0.05) is 0 Å². The summed E-state index contributed by atoms with van der Waals surface area (Å²) in [6.07, 6.45) is 0. The van der Waals surface area contributed by atoms with Crippen molar-refractivity contribution in [3.8, 4) is 5.75 Å². The van der Waals surface area contributed by atoms with Gasteiger partial charge in [0, 0.05) is 31.7 Å². The summed E-state index contributed by atoms with van der Waals surface area (Å²) in [7, 11) is 0. The molecule has 6 nitrogen and oxygen atoms in total. The van der Waals surface area contributed by atoms with Crippen molar-refractivity contribution >= 4 is 11.8 Å². The van der Waals surface area contributed by atoms with Gasteiger partial charge in [0.2, 0.25) is 5.91 Å². The average molecular weight is 263 g/mol. The fourth-order valence-electron chi connectivity index (χ4n) is 2.07. The maximum Gasteiger partial charge on any atom is 0.253 e. The molecule has 6 heteroatoms. The molecule has 1 aromatic carbocycles. The van der Waals surface area contributed by atoms with Crippen LogP contribution in [0.1, 0.15) is 10.4 Å². The Hall–Kier alpha value is -2.08. The van der Waals surface area contributed by atoms with Crippen molar-refractivity contribution in [1.29, 1.82) is 0 Å². The second-order valence-corrected chi connectivity index (χ2v) is 4.42. The maximum atomic E-state index is 12.2. The molecule has 2 amide bonds. The van der Waals surface area contributed by atoms with Gasteiger partial charge in [-0.3, -0.25) is 9.59 Å². The van der Waals surface area contributed by atoms with Gasteiger partial charge in [0.1, 0.15) is 5.75 Å². The van der Waals surface area contributed by atoms with E-state index in [4.69, 9.17) is 5.73 Å². The number of hydrogen-bond donors (Lipinski definition) is 2. The highest BCUT2D eigenvalue weighted by Gasteiger charge is 2.23. The lowest BCUT2D eigenvalue weighted by molar-refractivity contribution is -0.131. The third-order valence-electron chi connectivity index (χ3n) is 3.21. The van der Waals surface area contributed by atoms with Gasteiger partial charge in [-0.25, -0.2) is 0 Å². The number of amides is 2. The molecule has 0 bridgehead atoms. The Kier molecular flexibility index (Phi) is 4.01. The number of hydrogen-bond acceptors (Lipinski definition) is 4. The van der Waals surface area contributed by atoms with Crippen molar-refractivity contribution in [2.75, 3.05) is 32.7 Å². The smallest absolute Gasteiger partial charge is 0.253 e. The monoisotopic (exact) mass is 263 g/mol. The normalized spacial score (nSPS) is 15.4. The second-order valence-electron chi connectivity index (χ2n) is 4.42. The molecule has 19 heavy (non-hydrogen) atoms. The Morgan fingerprint density at radius 3 is 2.11 bits per heavy atom. The van der Waals surface area contributed by atoms with Crippen molar-refractivity contribution in [3.63, 3.8) is 0 Å². The Morgan fingerprint density at radius 2 is 1.58 bits per heavy atom. The summed E-state index contributed by atoms with van der Waals surface area (Å²) in [4.78, 5) is 27.0. The van der Waals surface area contributed by atoms with Crippen LogP contribution in [0.15, 0.2) is 24.3 Å². The molecule has 0 unspecified atom stereocenters. The largest absolute Gasteiger partial charge is 0.508 e. The number of nitrogens with two attached hydrogens (primary N) is 1. The molecule has 3 N–H and O–H groups in total. The van der Waals surface area contributed by atoms with Gasteiger partial charge >= 0.3 is 0 Å². The molecule has 1 aliphatic heterocycles. The first-order valence-corrected chi connectivity index (χ1v) is 6.18. The van der Waals surface area contributed by atoms with Crippen LogP contribution in [0.3, 0.4) is 0 Å². The minimum Gasteiger partial charge on any atom is -0.508 e. The quantitative estimate of drug-likeness (QED) is 0.762. The second kappa shape index (κ2) is 5.71. The molecule has 1 fully saturated rings. The van der Waals surface area contributed by atoms with Crippen molar-refractivity contribution in [3.05, 3.63) is 29.8 Å². The molecule has 0 saturated carbocycles. The lowest BCUT2D eigenvalue weighted by atomic mass is 10.1. The number of nitrogens with zero attached hydrogens (tertiary/aromatic N) is 2. The Bertz CT molecular complexity index is 465. The summed E-state index contributed by atoms with van der Waals surface area (Å²) in [5.74, 6) is -0.0357. The summed E-state index contributed by atoms with van der Waals surface area (Å²) < 4.78 is 0. The number of rotatable bonds is 2. The molecule has 0 aromatic heterocycles. The topological polar surface area (TPSA) is 86.9 Å². The Balaban J connectivity index is 1.96. The van der Waals surface area contributed by atoms with Crippen LogP contribution in [0.4, 0.5) is 0 Å². The number of aromatic hydroxyl groups is 1. The highest BCUT2D eigenvalue weighted by molar-refractivity contribution is 5.94. The van der Waals surface area contributed by atoms with E-state index in [2.05, 4.69) is 0 Å². The van der Waals surface area contributed by atoms with E-state index in [-0.39, 0.29) is 24.1 Å². The van der Waals surface area contributed by atoms with Crippen LogP contribution in [-0.2, 0) is 4.79 Å². The standard InChI is InChI=1S/C13H17N3O3/c14-9-12(18)15-5-7-16(8-6-15)13(19)10-1-3-11(17)4-2-10/h1-4,17H,5-9,14H2. The third kappa shape index (κ3) is 3.03. The van der Waals surface area contributed by atoms with Crippen molar-refractivity contribution in [2.45, 2.75) is 0 Å². The lowest BCUT2D eigenvalue weighted by Gasteiger charge is -2.34. The van der Waals surface area contributed by atoms with E-state index in [0.29, 0.717) is 31.7 Å². The van der Waals surface area contributed by atoms with Gasteiger partial charge in [0.05, 0.1) is 6.54 Å². The maximum absolute atomic E-state index is 12.2. The molecule has 0 aliphatic carbocycles. The van der Waals surface area contributed by atoms with Gasteiger partial charge in [0.15, 0.2) is 0 Å². The minimum atomic E-state index is -0.0864.